The summed E-state index contributed by atoms with van der Waals surface area (Å²) < 4.78 is 11.7. The van der Waals surface area contributed by atoms with Crippen LogP contribution in [0.4, 0.5) is 0 Å². The Kier molecular flexibility index (Phi) is 6.06. The van der Waals surface area contributed by atoms with Gasteiger partial charge in [-0.05, 0) is 31.2 Å². The third-order valence-corrected chi connectivity index (χ3v) is 3.56. The van der Waals surface area contributed by atoms with Gasteiger partial charge in [0.05, 0.1) is 18.7 Å². The molecular weight excluding hydrogens is 264 g/mol. The van der Waals surface area contributed by atoms with E-state index >= 15 is 0 Å². The molecule has 21 heavy (non-hydrogen) atoms. The molecule has 0 radical (unpaired) electrons. The summed E-state index contributed by atoms with van der Waals surface area (Å²) in [4.78, 5) is 2.38. The van der Waals surface area contributed by atoms with Crippen molar-refractivity contribution in [2.75, 3.05) is 39.4 Å². The van der Waals surface area contributed by atoms with Gasteiger partial charge in [0.1, 0.15) is 18.5 Å². The van der Waals surface area contributed by atoms with Gasteiger partial charge in [-0.15, -0.1) is 0 Å². The van der Waals surface area contributed by atoms with E-state index in [1.807, 2.05) is 25.1 Å². The molecule has 2 N–H and O–H groups in total. The number of morpholine rings is 1. The van der Waals surface area contributed by atoms with Gasteiger partial charge in [0, 0.05) is 13.1 Å². The average Bonchev–Trinajstić information content (AvgIpc) is 2.52. The molecular formula is C17H24N2O2. The van der Waals surface area contributed by atoms with Gasteiger partial charge in [0.2, 0.25) is 0 Å². The van der Waals surface area contributed by atoms with E-state index in [4.69, 9.17) is 15.2 Å². The topological polar surface area (TPSA) is 47.7 Å². The summed E-state index contributed by atoms with van der Waals surface area (Å²) >= 11 is 0. The molecule has 2 rings (SSSR count). The smallest absolute Gasteiger partial charge is 0.135 e. The largest absolute Gasteiger partial charge is 0.490 e. The van der Waals surface area contributed by atoms with Crippen molar-refractivity contribution < 1.29 is 9.47 Å². The molecule has 1 aliphatic heterocycles. The van der Waals surface area contributed by atoms with Gasteiger partial charge in [0.25, 0.3) is 0 Å². The van der Waals surface area contributed by atoms with Crippen molar-refractivity contribution in [1.29, 1.82) is 0 Å². The minimum absolute atomic E-state index is 0.121. The fourth-order valence-corrected chi connectivity index (χ4v) is 2.36. The predicted octanol–water partition coefficient (Wildman–Crippen LogP) is 1.40. The molecule has 114 valence electrons. The van der Waals surface area contributed by atoms with Crippen molar-refractivity contribution in [2.45, 2.75) is 20.0 Å². The Labute approximate surface area is 127 Å². The molecule has 1 saturated heterocycles. The zero-order chi connectivity index (χ0) is 15.1. The van der Waals surface area contributed by atoms with E-state index in [0.717, 1.165) is 43.1 Å². The summed E-state index contributed by atoms with van der Waals surface area (Å²) in [6.45, 7) is 8.87. The van der Waals surface area contributed by atoms with Crippen molar-refractivity contribution in [3.05, 3.63) is 29.3 Å². The summed E-state index contributed by atoms with van der Waals surface area (Å²) in [5.41, 5.74) is 7.50. The van der Waals surface area contributed by atoms with Gasteiger partial charge in [-0.1, -0.05) is 24.8 Å². The summed E-state index contributed by atoms with van der Waals surface area (Å²) in [5, 5.41) is 0. The number of rotatable bonds is 4. The van der Waals surface area contributed by atoms with E-state index < -0.39 is 0 Å². The Balaban J connectivity index is 1.99. The zero-order valence-electron chi connectivity index (χ0n) is 12.9. The first-order valence-electron chi connectivity index (χ1n) is 7.49. The van der Waals surface area contributed by atoms with E-state index in [1.165, 1.54) is 0 Å². The molecule has 0 spiro atoms. The fourth-order valence-electron chi connectivity index (χ4n) is 2.36. The standard InChI is InChI=1S/C17H24N2O2/c1-3-19-9-10-20-16(12-19)13-21-17-7-6-14(2)11-15(17)5-4-8-18/h6-7,11,16H,3,8-10,12-13,18H2,1-2H3. The lowest BCUT2D eigenvalue weighted by atomic mass is 10.1. The molecule has 0 bridgehead atoms. The second kappa shape index (κ2) is 8.04. The molecule has 4 nitrogen and oxygen atoms in total. The van der Waals surface area contributed by atoms with Crippen LogP contribution in [0, 0.1) is 18.8 Å². The lowest BCUT2D eigenvalue weighted by Crippen LogP contribution is -2.44. The van der Waals surface area contributed by atoms with Gasteiger partial charge < -0.3 is 15.2 Å². The van der Waals surface area contributed by atoms with Crippen LogP contribution in [-0.2, 0) is 4.74 Å². The molecule has 1 aromatic carbocycles. The van der Waals surface area contributed by atoms with Gasteiger partial charge >= 0.3 is 0 Å². The molecule has 1 heterocycles. The molecule has 1 aromatic rings. The van der Waals surface area contributed by atoms with Crippen LogP contribution in [0.25, 0.3) is 0 Å². The molecule has 4 heteroatoms. The van der Waals surface area contributed by atoms with E-state index in [2.05, 4.69) is 23.7 Å². The maximum atomic E-state index is 5.93. The lowest BCUT2D eigenvalue weighted by Gasteiger charge is -2.31. The number of hydrogen-bond acceptors (Lipinski definition) is 4. The van der Waals surface area contributed by atoms with Crippen LogP contribution in [-0.4, -0.2) is 50.4 Å². The molecule has 0 aliphatic carbocycles. The molecule has 1 unspecified atom stereocenters. The van der Waals surface area contributed by atoms with Crippen LogP contribution in [0.1, 0.15) is 18.1 Å². The number of likely N-dealkylation sites (N-methyl/N-ethyl adjacent to an activating group) is 1. The van der Waals surface area contributed by atoms with Crippen LogP contribution in [0.5, 0.6) is 5.75 Å². The molecule has 1 atom stereocenters. The van der Waals surface area contributed by atoms with E-state index in [0.29, 0.717) is 13.2 Å². The minimum atomic E-state index is 0.121. The van der Waals surface area contributed by atoms with Gasteiger partial charge in [-0.25, -0.2) is 0 Å². The number of nitrogens with zero attached hydrogens (tertiary/aromatic N) is 1. The maximum absolute atomic E-state index is 5.93. The van der Waals surface area contributed by atoms with Gasteiger partial charge in [0.15, 0.2) is 0 Å². The number of ether oxygens (including phenoxy) is 2. The van der Waals surface area contributed by atoms with E-state index in [1.54, 1.807) is 0 Å². The van der Waals surface area contributed by atoms with Crippen molar-refractivity contribution >= 4 is 0 Å². The molecule has 1 aliphatic rings. The minimum Gasteiger partial charge on any atom is -0.490 e. The summed E-state index contributed by atoms with van der Waals surface area (Å²) in [6, 6.07) is 6.03. The highest BCUT2D eigenvalue weighted by atomic mass is 16.5. The highest BCUT2D eigenvalue weighted by Gasteiger charge is 2.20. The molecule has 0 amide bonds. The van der Waals surface area contributed by atoms with Crippen LogP contribution in [0.15, 0.2) is 18.2 Å². The van der Waals surface area contributed by atoms with Crippen LogP contribution in [0.3, 0.4) is 0 Å². The highest BCUT2D eigenvalue weighted by molar-refractivity contribution is 5.48. The molecule has 0 aromatic heterocycles. The van der Waals surface area contributed by atoms with Crippen molar-refractivity contribution in [2.24, 2.45) is 5.73 Å². The Hall–Kier alpha value is -1.54. The third kappa shape index (κ3) is 4.75. The normalized spacial score (nSPS) is 18.9. The highest BCUT2D eigenvalue weighted by Crippen LogP contribution is 2.20. The van der Waals surface area contributed by atoms with Crippen molar-refractivity contribution in [3.63, 3.8) is 0 Å². The van der Waals surface area contributed by atoms with E-state index in [9.17, 15) is 0 Å². The van der Waals surface area contributed by atoms with Crippen LogP contribution < -0.4 is 10.5 Å². The second-order valence-electron chi connectivity index (χ2n) is 5.20. The predicted molar refractivity (Wildman–Crippen MR) is 84.5 cm³/mol. The molecule has 0 saturated carbocycles. The Morgan fingerprint density at radius 2 is 2.33 bits per heavy atom. The number of aryl methyl sites for hydroxylation is 1. The zero-order valence-corrected chi connectivity index (χ0v) is 12.9. The summed E-state index contributed by atoms with van der Waals surface area (Å²) in [5.74, 6) is 6.76. The average molecular weight is 288 g/mol. The Bertz CT molecular complexity index is 519. The monoisotopic (exact) mass is 288 g/mol. The lowest BCUT2D eigenvalue weighted by molar-refractivity contribution is -0.0464. The van der Waals surface area contributed by atoms with Crippen molar-refractivity contribution in [1.82, 2.24) is 4.90 Å². The first kappa shape index (κ1) is 15.8. The first-order chi connectivity index (χ1) is 10.2. The fraction of sp³-hybridized carbons (Fsp3) is 0.529. The third-order valence-electron chi connectivity index (χ3n) is 3.56. The number of hydrogen-bond donors (Lipinski definition) is 1. The van der Waals surface area contributed by atoms with Gasteiger partial charge in [-0.3, -0.25) is 4.90 Å². The van der Waals surface area contributed by atoms with Crippen molar-refractivity contribution in [3.8, 4) is 17.6 Å². The first-order valence-corrected chi connectivity index (χ1v) is 7.49. The quantitative estimate of drug-likeness (QED) is 0.851. The Morgan fingerprint density at radius 3 is 3.10 bits per heavy atom. The van der Waals surface area contributed by atoms with E-state index in [-0.39, 0.29) is 6.10 Å². The second-order valence-corrected chi connectivity index (χ2v) is 5.20. The number of nitrogens with two attached hydrogens (primary N) is 1. The van der Waals surface area contributed by atoms with Crippen LogP contribution >= 0.6 is 0 Å². The SMILES string of the molecule is CCN1CCOC(COc2ccc(C)cc2C#CCN)C1. The van der Waals surface area contributed by atoms with Crippen LogP contribution in [0.2, 0.25) is 0 Å². The summed E-state index contributed by atoms with van der Waals surface area (Å²) in [7, 11) is 0. The Morgan fingerprint density at radius 1 is 1.48 bits per heavy atom. The summed E-state index contributed by atoms with van der Waals surface area (Å²) in [6.07, 6.45) is 0.121. The molecule has 1 fully saturated rings. The number of benzene rings is 1. The maximum Gasteiger partial charge on any atom is 0.135 e. The van der Waals surface area contributed by atoms with Gasteiger partial charge in [-0.2, -0.15) is 0 Å².